The third kappa shape index (κ3) is 8.92. The largest absolute Gasteiger partial charge is 0.455 e. The Morgan fingerprint density at radius 3 is 2.08 bits per heavy atom. The van der Waals surface area contributed by atoms with Crippen molar-refractivity contribution in [2.24, 2.45) is 0 Å². The van der Waals surface area contributed by atoms with Crippen molar-refractivity contribution in [2.75, 3.05) is 11.5 Å². The molecule has 1 heterocycles. The van der Waals surface area contributed by atoms with Crippen LogP contribution in [0, 0.1) is 0 Å². The van der Waals surface area contributed by atoms with Gasteiger partial charge in [-0.05, 0) is 42.5 Å². The SMILES string of the molecule is CCCCCCCCCCCCSc1ccc(-n2nc(C(C)(C)C)cc2N)c(Oc2ccccc2)c1. The molecule has 4 nitrogen and oxygen atoms in total. The quantitative estimate of drug-likeness (QED) is 0.164. The zero-order chi connectivity index (χ0) is 25.8. The molecule has 2 N–H and O–H groups in total. The fraction of sp³-hybridized carbons (Fsp3) is 0.516. The molecular formula is C31H45N3OS. The standard InChI is InChI=1S/C31H45N3OS/c1-5-6-7-8-9-10-11-12-13-17-22-36-26-20-21-27(28(23-26)35-25-18-15-14-16-19-25)34-30(32)24-29(33-34)31(2,3)4/h14-16,18-21,23-24H,5-13,17,22,32H2,1-4H3. The molecule has 0 aliphatic carbocycles. The number of unbranched alkanes of at least 4 members (excludes halogenated alkanes) is 9. The topological polar surface area (TPSA) is 53.1 Å². The number of rotatable bonds is 15. The molecule has 0 unspecified atom stereocenters. The first kappa shape index (κ1) is 28.2. The molecule has 0 fully saturated rings. The number of thioether (sulfide) groups is 1. The van der Waals surface area contributed by atoms with Crippen LogP contribution < -0.4 is 10.5 Å². The predicted molar refractivity (Wildman–Crippen MR) is 156 cm³/mol. The lowest BCUT2D eigenvalue weighted by Gasteiger charge is -2.16. The Kier molecular flexibility index (Phi) is 11.2. The molecule has 5 heteroatoms. The molecule has 0 spiro atoms. The van der Waals surface area contributed by atoms with Gasteiger partial charge in [-0.25, -0.2) is 4.68 Å². The van der Waals surface area contributed by atoms with Gasteiger partial charge in [0, 0.05) is 16.4 Å². The lowest BCUT2D eigenvalue weighted by molar-refractivity contribution is 0.476. The average molecular weight is 508 g/mol. The fourth-order valence-electron chi connectivity index (χ4n) is 4.19. The van der Waals surface area contributed by atoms with Gasteiger partial charge < -0.3 is 10.5 Å². The zero-order valence-electron chi connectivity index (χ0n) is 22.8. The highest BCUT2D eigenvalue weighted by atomic mass is 32.2. The van der Waals surface area contributed by atoms with Gasteiger partial charge in [0.05, 0.1) is 5.69 Å². The first-order valence-electron chi connectivity index (χ1n) is 13.7. The van der Waals surface area contributed by atoms with Gasteiger partial charge in [-0.1, -0.05) is 104 Å². The van der Waals surface area contributed by atoms with Crippen molar-refractivity contribution < 1.29 is 4.74 Å². The molecule has 0 bridgehead atoms. The summed E-state index contributed by atoms with van der Waals surface area (Å²) < 4.78 is 8.13. The fourth-order valence-corrected chi connectivity index (χ4v) is 5.13. The van der Waals surface area contributed by atoms with Crippen molar-refractivity contribution in [3.8, 4) is 17.2 Å². The van der Waals surface area contributed by atoms with Gasteiger partial charge in [-0.15, -0.1) is 11.8 Å². The van der Waals surface area contributed by atoms with E-state index in [2.05, 4.69) is 45.9 Å². The van der Waals surface area contributed by atoms with Crippen LogP contribution >= 0.6 is 11.8 Å². The first-order valence-corrected chi connectivity index (χ1v) is 14.7. The summed E-state index contributed by atoms with van der Waals surface area (Å²) in [4.78, 5) is 1.21. The molecule has 0 aliphatic heterocycles. The summed E-state index contributed by atoms with van der Waals surface area (Å²) in [5, 5.41) is 4.82. The van der Waals surface area contributed by atoms with Gasteiger partial charge in [0.15, 0.2) is 5.75 Å². The average Bonchev–Trinajstić information content (AvgIpc) is 3.25. The van der Waals surface area contributed by atoms with Crippen molar-refractivity contribution in [3.63, 3.8) is 0 Å². The van der Waals surface area contributed by atoms with Crippen molar-refractivity contribution in [1.82, 2.24) is 9.78 Å². The molecular weight excluding hydrogens is 462 g/mol. The van der Waals surface area contributed by atoms with Gasteiger partial charge >= 0.3 is 0 Å². The van der Waals surface area contributed by atoms with Crippen LogP contribution in [-0.2, 0) is 5.41 Å². The molecule has 36 heavy (non-hydrogen) atoms. The maximum atomic E-state index is 6.39. The number of para-hydroxylation sites is 1. The van der Waals surface area contributed by atoms with E-state index in [4.69, 9.17) is 15.6 Å². The molecule has 1 aromatic heterocycles. The first-order chi connectivity index (χ1) is 17.4. The summed E-state index contributed by atoms with van der Waals surface area (Å²) in [7, 11) is 0. The van der Waals surface area contributed by atoms with E-state index < -0.39 is 0 Å². The Morgan fingerprint density at radius 1 is 0.833 bits per heavy atom. The predicted octanol–water partition coefficient (Wildman–Crippen LogP) is 9.56. The van der Waals surface area contributed by atoms with Crippen LogP contribution in [0.25, 0.3) is 5.69 Å². The molecule has 0 radical (unpaired) electrons. The third-order valence-corrected chi connectivity index (χ3v) is 7.48. The summed E-state index contributed by atoms with van der Waals surface area (Å²) in [6, 6.07) is 18.2. The second-order valence-corrected chi connectivity index (χ2v) is 11.9. The third-order valence-electron chi connectivity index (χ3n) is 6.40. The molecule has 3 rings (SSSR count). The van der Waals surface area contributed by atoms with Crippen LogP contribution in [0.5, 0.6) is 11.5 Å². The Morgan fingerprint density at radius 2 is 1.47 bits per heavy atom. The van der Waals surface area contributed by atoms with Gasteiger partial charge in [0.1, 0.15) is 17.3 Å². The van der Waals surface area contributed by atoms with Gasteiger partial charge in [-0.2, -0.15) is 5.10 Å². The highest BCUT2D eigenvalue weighted by Crippen LogP contribution is 2.35. The molecule has 0 aliphatic rings. The summed E-state index contributed by atoms with van der Waals surface area (Å²) >= 11 is 1.90. The Labute approximate surface area is 223 Å². The summed E-state index contributed by atoms with van der Waals surface area (Å²) in [6.45, 7) is 8.72. The monoisotopic (exact) mass is 507 g/mol. The Hall–Kier alpha value is -2.40. The van der Waals surface area contributed by atoms with Crippen molar-refractivity contribution in [3.05, 3.63) is 60.3 Å². The van der Waals surface area contributed by atoms with E-state index in [1.165, 1.54) is 69.1 Å². The number of ether oxygens (including phenoxy) is 1. The maximum absolute atomic E-state index is 6.39. The minimum absolute atomic E-state index is 0.0787. The van der Waals surface area contributed by atoms with E-state index in [1.54, 1.807) is 4.68 Å². The highest BCUT2D eigenvalue weighted by molar-refractivity contribution is 7.99. The van der Waals surface area contributed by atoms with Gasteiger partial charge in [-0.3, -0.25) is 0 Å². The van der Waals surface area contributed by atoms with Crippen LogP contribution in [0.2, 0.25) is 0 Å². The number of nitrogen functional groups attached to an aromatic ring is 1. The molecule has 2 aromatic carbocycles. The molecule has 0 amide bonds. The summed E-state index contributed by atoms with van der Waals surface area (Å²) in [6.07, 6.45) is 13.6. The molecule has 0 saturated carbocycles. The number of hydrogen-bond acceptors (Lipinski definition) is 4. The molecule has 196 valence electrons. The molecule has 3 aromatic rings. The summed E-state index contributed by atoms with van der Waals surface area (Å²) in [5.41, 5.74) is 8.13. The van der Waals surface area contributed by atoms with E-state index in [9.17, 15) is 0 Å². The van der Waals surface area contributed by atoms with E-state index in [-0.39, 0.29) is 5.41 Å². The Balaban J connectivity index is 1.60. The van der Waals surface area contributed by atoms with Gasteiger partial charge in [0.25, 0.3) is 0 Å². The molecule has 0 atom stereocenters. The zero-order valence-corrected chi connectivity index (χ0v) is 23.6. The van der Waals surface area contributed by atoms with E-state index in [0.29, 0.717) is 5.82 Å². The normalized spacial score (nSPS) is 11.7. The minimum atomic E-state index is -0.0787. The van der Waals surface area contributed by atoms with E-state index >= 15 is 0 Å². The summed E-state index contributed by atoms with van der Waals surface area (Å²) in [5.74, 6) is 3.31. The van der Waals surface area contributed by atoms with Crippen molar-refractivity contribution in [2.45, 2.75) is 102 Å². The van der Waals surface area contributed by atoms with Crippen molar-refractivity contribution >= 4 is 17.6 Å². The second-order valence-electron chi connectivity index (χ2n) is 10.7. The van der Waals surface area contributed by atoms with E-state index in [0.717, 1.165) is 28.6 Å². The maximum Gasteiger partial charge on any atom is 0.154 e. The lowest BCUT2D eigenvalue weighted by Crippen LogP contribution is -2.12. The Bertz CT molecular complexity index is 1040. The minimum Gasteiger partial charge on any atom is -0.455 e. The number of anilines is 1. The number of benzene rings is 2. The van der Waals surface area contributed by atoms with Crippen molar-refractivity contribution in [1.29, 1.82) is 0 Å². The van der Waals surface area contributed by atoms with Crippen LogP contribution in [0.4, 0.5) is 5.82 Å². The van der Waals surface area contributed by atoms with Crippen LogP contribution in [0.15, 0.2) is 59.5 Å². The van der Waals surface area contributed by atoms with Crippen LogP contribution in [0.1, 0.15) is 97.6 Å². The van der Waals surface area contributed by atoms with E-state index in [1.807, 2.05) is 48.2 Å². The molecule has 0 saturated heterocycles. The van der Waals surface area contributed by atoms with Gasteiger partial charge in [0.2, 0.25) is 0 Å². The number of hydrogen-bond donors (Lipinski definition) is 1. The van der Waals surface area contributed by atoms with Crippen LogP contribution in [0.3, 0.4) is 0 Å². The smallest absolute Gasteiger partial charge is 0.154 e. The lowest BCUT2D eigenvalue weighted by atomic mass is 9.92. The van der Waals surface area contributed by atoms with Crippen LogP contribution in [-0.4, -0.2) is 15.5 Å². The number of aromatic nitrogens is 2. The highest BCUT2D eigenvalue weighted by Gasteiger charge is 2.21. The number of nitrogens with two attached hydrogens (primary N) is 1. The second kappa shape index (κ2) is 14.4. The number of nitrogens with zero attached hydrogens (tertiary/aromatic N) is 2.